The summed E-state index contributed by atoms with van der Waals surface area (Å²) in [4.78, 5) is 21.7. The number of hydrogen-bond acceptors (Lipinski definition) is 5. The van der Waals surface area contributed by atoms with Crippen molar-refractivity contribution >= 4 is 17.4 Å². The number of anilines is 1. The quantitative estimate of drug-likeness (QED) is 0.907. The fraction of sp³-hybridized carbons (Fsp3) is 0.632. The Morgan fingerprint density at radius 2 is 1.96 bits per heavy atom. The molecule has 2 aromatic heterocycles. The summed E-state index contributed by atoms with van der Waals surface area (Å²) in [7, 11) is 0. The van der Waals surface area contributed by atoms with Gasteiger partial charge < -0.3 is 15.1 Å². The minimum Gasteiger partial charge on any atom is -0.353 e. The van der Waals surface area contributed by atoms with E-state index in [1.165, 1.54) is 19.3 Å². The average Bonchev–Trinajstić information content (AvgIpc) is 3.12. The van der Waals surface area contributed by atoms with Crippen molar-refractivity contribution in [2.45, 2.75) is 45.1 Å². The van der Waals surface area contributed by atoms with E-state index in [-0.39, 0.29) is 5.91 Å². The van der Waals surface area contributed by atoms with E-state index in [2.05, 4.69) is 32.1 Å². The molecule has 4 rings (SSSR count). The van der Waals surface area contributed by atoms with Crippen LogP contribution >= 0.6 is 0 Å². The lowest BCUT2D eigenvalue weighted by Gasteiger charge is -2.33. The minimum absolute atomic E-state index is 0.0417. The highest BCUT2D eigenvalue weighted by molar-refractivity contribution is 5.94. The number of carbonyl (C=O) groups is 1. The Morgan fingerprint density at radius 1 is 1.19 bits per heavy atom. The standard InChI is InChI=1S/C19H28N6O/c1-2-23-8-10-24(11-9-23)18-12-17-20-13-15(14-25(17)22-18)19(26)21-16-6-4-3-5-7-16/h12-14,16H,2-11H2,1H3,(H,21,26). The first kappa shape index (κ1) is 17.3. The molecule has 0 aromatic carbocycles. The molecule has 1 saturated carbocycles. The summed E-state index contributed by atoms with van der Waals surface area (Å²) in [6.45, 7) is 7.38. The van der Waals surface area contributed by atoms with E-state index in [1.54, 1.807) is 16.9 Å². The zero-order valence-electron chi connectivity index (χ0n) is 15.5. The molecule has 0 unspecified atom stereocenters. The number of piperazine rings is 1. The van der Waals surface area contributed by atoms with Gasteiger partial charge in [0.25, 0.3) is 5.91 Å². The Morgan fingerprint density at radius 3 is 2.69 bits per heavy atom. The molecule has 0 spiro atoms. The number of fused-ring (bicyclic) bond motifs is 1. The zero-order chi connectivity index (χ0) is 17.9. The molecule has 0 bridgehead atoms. The van der Waals surface area contributed by atoms with E-state index in [0.717, 1.165) is 57.0 Å². The van der Waals surface area contributed by atoms with Gasteiger partial charge in [-0.3, -0.25) is 4.79 Å². The Bertz CT molecular complexity index is 758. The third-order valence-corrected chi connectivity index (χ3v) is 5.65. The van der Waals surface area contributed by atoms with Crippen LogP contribution in [-0.2, 0) is 0 Å². The SMILES string of the molecule is CCN1CCN(c2cc3ncc(C(=O)NC4CCCCC4)cn3n2)CC1. The van der Waals surface area contributed by atoms with Crippen LogP contribution in [-0.4, -0.2) is 64.2 Å². The van der Waals surface area contributed by atoms with Crippen LogP contribution in [0.2, 0.25) is 0 Å². The molecule has 0 radical (unpaired) electrons. The van der Waals surface area contributed by atoms with Crippen LogP contribution in [0.5, 0.6) is 0 Å². The number of hydrogen-bond donors (Lipinski definition) is 1. The Labute approximate surface area is 154 Å². The van der Waals surface area contributed by atoms with E-state index < -0.39 is 0 Å². The summed E-state index contributed by atoms with van der Waals surface area (Å²) in [6, 6.07) is 2.31. The second kappa shape index (κ2) is 7.61. The van der Waals surface area contributed by atoms with Crippen molar-refractivity contribution in [3.63, 3.8) is 0 Å². The van der Waals surface area contributed by atoms with Gasteiger partial charge >= 0.3 is 0 Å². The van der Waals surface area contributed by atoms with Gasteiger partial charge in [-0.1, -0.05) is 26.2 Å². The van der Waals surface area contributed by atoms with Crippen LogP contribution in [0.4, 0.5) is 5.82 Å². The van der Waals surface area contributed by atoms with Gasteiger partial charge in [-0.05, 0) is 19.4 Å². The van der Waals surface area contributed by atoms with Gasteiger partial charge in [0.2, 0.25) is 0 Å². The highest BCUT2D eigenvalue weighted by Gasteiger charge is 2.20. The van der Waals surface area contributed by atoms with E-state index in [0.29, 0.717) is 11.6 Å². The summed E-state index contributed by atoms with van der Waals surface area (Å²) in [5, 5.41) is 7.80. The number of aromatic nitrogens is 3. The molecule has 0 atom stereocenters. The molecule has 140 valence electrons. The molecule has 2 aromatic rings. The Kier molecular flexibility index (Phi) is 5.06. The molecule has 7 heteroatoms. The summed E-state index contributed by atoms with van der Waals surface area (Å²) in [6.07, 6.45) is 9.31. The summed E-state index contributed by atoms with van der Waals surface area (Å²) >= 11 is 0. The maximum absolute atomic E-state index is 12.5. The maximum Gasteiger partial charge on any atom is 0.254 e. The van der Waals surface area contributed by atoms with E-state index in [9.17, 15) is 4.79 Å². The molecule has 1 amide bonds. The number of rotatable bonds is 4. The zero-order valence-corrected chi connectivity index (χ0v) is 15.5. The van der Waals surface area contributed by atoms with E-state index in [4.69, 9.17) is 0 Å². The second-order valence-corrected chi connectivity index (χ2v) is 7.38. The Balaban J connectivity index is 1.46. The number of amides is 1. The highest BCUT2D eigenvalue weighted by atomic mass is 16.1. The molecule has 1 N–H and O–H groups in total. The van der Waals surface area contributed by atoms with Crippen molar-refractivity contribution in [1.29, 1.82) is 0 Å². The van der Waals surface area contributed by atoms with Crippen LogP contribution in [0.15, 0.2) is 18.5 Å². The van der Waals surface area contributed by atoms with Crippen molar-refractivity contribution in [2.75, 3.05) is 37.6 Å². The van der Waals surface area contributed by atoms with Gasteiger partial charge in [-0.25, -0.2) is 9.50 Å². The largest absolute Gasteiger partial charge is 0.353 e. The van der Waals surface area contributed by atoms with Crippen molar-refractivity contribution in [3.05, 3.63) is 24.0 Å². The lowest BCUT2D eigenvalue weighted by molar-refractivity contribution is 0.0927. The van der Waals surface area contributed by atoms with Gasteiger partial charge in [0.05, 0.1) is 5.56 Å². The molecular formula is C19H28N6O. The third-order valence-electron chi connectivity index (χ3n) is 5.65. The molecular weight excluding hydrogens is 328 g/mol. The summed E-state index contributed by atoms with van der Waals surface area (Å²) < 4.78 is 1.73. The summed E-state index contributed by atoms with van der Waals surface area (Å²) in [5.41, 5.74) is 1.36. The molecule has 26 heavy (non-hydrogen) atoms. The topological polar surface area (TPSA) is 65.8 Å². The molecule has 1 aliphatic carbocycles. The maximum atomic E-state index is 12.5. The highest BCUT2D eigenvalue weighted by Crippen LogP contribution is 2.19. The van der Waals surface area contributed by atoms with Gasteiger partial charge in [0.15, 0.2) is 11.5 Å². The van der Waals surface area contributed by atoms with Crippen LogP contribution in [0.3, 0.4) is 0 Å². The van der Waals surface area contributed by atoms with Crippen LogP contribution < -0.4 is 10.2 Å². The lowest BCUT2D eigenvalue weighted by Crippen LogP contribution is -2.46. The fourth-order valence-electron chi connectivity index (χ4n) is 3.94. The first-order valence-corrected chi connectivity index (χ1v) is 9.86. The smallest absolute Gasteiger partial charge is 0.254 e. The summed E-state index contributed by atoms with van der Waals surface area (Å²) in [5.74, 6) is 0.901. The normalized spacial score (nSPS) is 19.8. The predicted molar refractivity (Wildman–Crippen MR) is 102 cm³/mol. The van der Waals surface area contributed by atoms with Gasteiger partial charge in [-0.2, -0.15) is 0 Å². The van der Waals surface area contributed by atoms with Crippen molar-refractivity contribution in [1.82, 2.24) is 24.8 Å². The first-order chi connectivity index (χ1) is 12.7. The van der Waals surface area contributed by atoms with Gasteiger partial charge in [0.1, 0.15) is 0 Å². The van der Waals surface area contributed by atoms with Gasteiger partial charge in [0, 0.05) is 50.7 Å². The average molecular weight is 356 g/mol. The molecule has 1 aliphatic heterocycles. The molecule has 7 nitrogen and oxygen atoms in total. The molecule has 2 aliphatic rings. The van der Waals surface area contributed by atoms with Crippen molar-refractivity contribution in [2.24, 2.45) is 0 Å². The first-order valence-electron chi connectivity index (χ1n) is 9.86. The number of likely N-dealkylation sites (N-methyl/N-ethyl adjacent to an activating group) is 1. The van der Waals surface area contributed by atoms with Crippen LogP contribution in [0, 0.1) is 0 Å². The van der Waals surface area contributed by atoms with Gasteiger partial charge in [-0.15, -0.1) is 5.10 Å². The molecule has 1 saturated heterocycles. The van der Waals surface area contributed by atoms with Crippen molar-refractivity contribution < 1.29 is 4.79 Å². The van der Waals surface area contributed by atoms with E-state index >= 15 is 0 Å². The third kappa shape index (κ3) is 3.67. The molecule has 2 fully saturated rings. The lowest BCUT2D eigenvalue weighted by atomic mass is 9.95. The second-order valence-electron chi connectivity index (χ2n) is 7.38. The van der Waals surface area contributed by atoms with Crippen molar-refractivity contribution in [3.8, 4) is 0 Å². The number of carbonyl (C=O) groups excluding carboxylic acids is 1. The predicted octanol–water partition coefficient (Wildman–Crippen LogP) is 1.93. The monoisotopic (exact) mass is 356 g/mol. The van der Waals surface area contributed by atoms with E-state index in [1.807, 2.05) is 6.07 Å². The van der Waals surface area contributed by atoms with Crippen LogP contribution in [0.25, 0.3) is 5.65 Å². The molecule has 3 heterocycles. The number of nitrogens with one attached hydrogen (secondary N) is 1. The fourth-order valence-corrected chi connectivity index (χ4v) is 3.94. The Hall–Kier alpha value is -2.15. The minimum atomic E-state index is -0.0417. The van der Waals surface area contributed by atoms with Crippen LogP contribution in [0.1, 0.15) is 49.4 Å². The number of nitrogens with zero attached hydrogens (tertiary/aromatic N) is 5.